The fourth-order valence-electron chi connectivity index (χ4n) is 5.13. The average Bonchev–Trinajstić information content (AvgIpc) is 2.66. The number of ether oxygens (including phenoxy) is 1. The van der Waals surface area contributed by atoms with Gasteiger partial charge in [-0.15, -0.1) is 0 Å². The molecule has 0 bridgehead atoms. The summed E-state index contributed by atoms with van der Waals surface area (Å²) in [7, 11) is 0. The molecule has 3 aliphatic heterocycles. The van der Waals surface area contributed by atoms with E-state index < -0.39 is 0 Å². The minimum absolute atomic E-state index is 0.0844. The highest BCUT2D eigenvalue weighted by molar-refractivity contribution is 5.78. The van der Waals surface area contributed by atoms with Crippen molar-refractivity contribution in [1.82, 2.24) is 10.2 Å². The van der Waals surface area contributed by atoms with Gasteiger partial charge in [0.15, 0.2) is 0 Å². The number of carbonyl (C=O) groups excluding carboxylic acids is 1. The van der Waals surface area contributed by atoms with Gasteiger partial charge >= 0.3 is 0 Å². The largest absolute Gasteiger partial charge is 0.488 e. The molecule has 4 nitrogen and oxygen atoms in total. The van der Waals surface area contributed by atoms with Crippen LogP contribution in [0.1, 0.15) is 63.5 Å². The Hall–Kier alpha value is -1.55. The first-order valence-electron chi connectivity index (χ1n) is 10.8. The predicted molar refractivity (Wildman–Crippen MR) is 108 cm³/mol. The highest BCUT2D eigenvalue weighted by Crippen LogP contribution is 2.33. The van der Waals surface area contributed by atoms with Crippen LogP contribution in [0.25, 0.3) is 0 Å². The Kier molecular flexibility index (Phi) is 5.45. The maximum atomic E-state index is 12.5. The van der Waals surface area contributed by atoms with E-state index in [1.165, 1.54) is 50.8 Å². The van der Waals surface area contributed by atoms with E-state index in [0.717, 1.165) is 30.7 Å². The third-order valence-electron chi connectivity index (χ3n) is 6.66. The Labute approximate surface area is 163 Å². The van der Waals surface area contributed by atoms with Crippen LogP contribution >= 0.6 is 0 Å². The standard InChI is InChI=1S/C23H34N2O2/c1-23(2)11-10-18-14-17(8-9-21(18)27-23)15-22(26)24-16-19-6-5-13-25-12-4-3-7-20(19)25/h8-9,14,19-20H,3-7,10-13,15-16H2,1-2H3,(H,24,26)/t19-,20+/m0/s1. The second-order valence-corrected chi connectivity index (χ2v) is 9.29. The van der Waals surface area contributed by atoms with Crippen LogP contribution in [0, 0.1) is 5.92 Å². The summed E-state index contributed by atoms with van der Waals surface area (Å²) >= 11 is 0. The lowest BCUT2D eigenvalue weighted by Crippen LogP contribution is -2.51. The van der Waals surface area contributed by atoms with Crippen molar-refractivity contribution < 1.29 is 9.53 Å². The number of piperidine rings is 2. The van der Waals surface area contributed by atoms with Gasteiger partial charge in [-0.2, -0.15) is 0 Å². The molecule has 2 fully saturated rings. The van der Waals surface area contributed by atoms with Crippen LogP contribution in [0.2, 0.25) is 0 Å². The van der Waals surface area contributed by atoms with E-state index in [-0.39, 0.29) is 11.5 Å². The summed E-state index contributed by atoms with van der Waals surface area (Å²) in [6.07, 6.45) is 9.05. The van der Waals surface area contributed by atoms with Crippen molar-refractivity contribution in [2.75, 3.05) is 19.6 Å². The minimum atomic E-state index is -0.0844. The second-order valence-electron chi connectivity index (χ2n) is 9.29. The topological polar surface area (TPSA) is 41.6 Å². The third-order valence-corrected chi connectivity index (χ3v) is 6.66. The molecule has 3 aliphatic rings. The molecule has 4 heteroatoms. The van der Waals surface area contributed by atoms with Gasteiger partial charge in [-0.3, -0.25) is 4.79 Å². The molecule has 1 aromatic rings. The molecule has 0 radical (unpaired) electrons. The molecule has 3 heterocycles. The lowest BCUT2D eigenvalue weighted by atomic mass is 9.83. The summed E-state index contributed by atoms with van der Waals surface area (Å²) < 4.78 is 6.05. The van der Waals surface area contributed by atoms with Crippen molar-refractivity contribution >= 4 is 5.91 Å². The van der Waals surface area contributed by atoms with Crippen molar-refractivity contribution in [3.8, 4) is 5.75 Å². The van der Waals surface area contributed by atoms with E-state index in [1.807, 2.05) is 12.1 Å². The number of rotatable bonds is 4. The number of hydrogen-bond acceptors (Lipinski definition) is 3. The quantitative estimate of drug-likeness (QED) is 0.878. The average molecular weight is 371 g/mol. The summed E-state index contributed by atoms with van der Waals surface area (Å²) in [6, 6.07) is 6.94. The zero-order valence-corrected chi connectivity index (χ0v) is 16.9. The maximum absolute atomic E-state index is 12.5. The SMILES string of the molecule is CC1(C)CCc2cc(CC(=O)NC[C@@H]3CCCN4CCCC[C@H]34)ccc2O1. The number of benzene rings is 1. The summed E-state index contributed by atoms with van der Waals surface area (Å²) in [6.45, 7) is 7.61. The van der Waals surface area contributed by atoms with Gasteiger partial charge in [-0.1, -0.05) is 18.6 Å². The molecule has 1 N–H and O–H groups in total. The zero-order valence-electron chi connectivity index (χ0n) is 16.9. The van der Waals surface area contributed by atoms with Crippen LogP contribution in [-0.2, 0) is 17.6 Å². The van der Waals surface area contributed by atoms with Crippen LogP contribution in [-0.4, -0.2) is 42.1 Å². The highest BCUT2D eigenvalue weighted by atomic mass is 16.5. The molecule has 148 valence electrons. The Bertz CT molecular complexity index is 683. The van der Waals surface area contributed by atoms with E-state index in [0.29, 0.717) is 18.4 Å². The zero-order chi connectivity index (χ0) is 18.9. The summed E-state index contributed by atoms with van der Waals surface area (Å²) in [5.74, 6) is 1.76. The summed E-state index contributed by atoms with van der Waals surface area (Å²) in [5.41, 5.74) is 2.25. The number of nitrogens with one attached hydrogen (secondary N) is 1. The van der Waals surface area contributed by atoms with Gasteiger partial charge in [0.1, 0.15) is 11.4 Å². The van der Waals surface area contributed by atoms with Crippen molar-refractivity contribution in [3.05, 3.63) is 29.3 Å². The van der Waals surface area contributed by atoms with E-state index in [9.17, 15) is 4.79 Å². The molecule has 1 amide bonds. The molecule has 1 aromatic carbocycles. The van der Waals surface area contributed by atoms with Crippen LogP contribution in [0.3, 0.4) is 0 Å². The first kappa shape index (κ1) is 18.8. The highest BCUT2D eigenvalue weighted by Gasteiger charge is 2.33. The van der Waals surface area contributed by atoms with Crippen LogP contribution in [0.5, 0.6) is 5.75 Å². The van der Waals surface area contributed by atoms with Gasteiger partial charge in [0.05, 0.1) is 6.42 Å². The molecular formula is C23H34N2O2. The summed E-state index contributed by atoms with van der Waals surface area (Å²) in [5, 5.41) is 3.23. The molecule has 0 spiro atoms. The molecule has 2 atom stereocenters. The maximum Gasteiger partial charge on any atom is 0.224 e. The van der Waals surface area contributed by atoms with Crippen LogP contribution < -0.4 is 10.1 Å². The minimum Gasteiger partial charge on any atom is -0.488 e. The fraction of sp³-hybridized carbons (Fsp3) is 0.696. The summed E-state index contributed by atoms with van der Waals surface area (Å²) in [4.78, 5) is 15.2. The van der Waals surface area contributed by atoms with Gasteiger partial charge in [0.2, 0.25) is 5.91 Å². The van der Waals surface area contributed by atoms with Crippen molar-refractivity contribution in [2.24, 2.45) is 5.92 Å². The lowest BCUT2D eigenvalue weighted by molar-refractivity contribution is -0.120. The molecule has 27 heavy (non-hydrogen) atoms. The fourth-order valence-corrected chi connectivity index (χ4v) is 5.13. The number of carbonyl (C=O) groups is 1. The predicted octanol–water partition coefficient (Wildman–Crippen LogP) is 3.71. The lowest BCUT2D eigenvalue weighted by Gasteiger charge is -2.44. The van der Waals surface area contributed by atoms with Crippen LogP contribution in [0.15, 0.2) is 18.2 Å². The van der Waals surface area contributed by atoms with E-state index >= 15 is 0 Å². The van der Waals surface area contributed by atoms with Gasteiger partial charge < -0.3 is 15.0 Å². The first-order chi connectivity index (χ1) is 13.0. The van der Waals surface area contributed by atoms with Crippen molar-refractivity contribution in [1.29, 1.82) is 0 Å². The molecule has 0 unspecified atom stereocenters. The van der Waals surface area contributed by atoms with Crippen molar-refractivity contribution in [3.63, 3.8) is 0 Å². The molecule has 4 rings (SSSR count). The van der Waals surface area contributed by atoms with Gasteiger partial charge in [-0.25, -0.2) is 0 Å². The smallest absolute Gasteiger partial charge is 0.224 e. The van der Waals surface area contributed by atoms with Gasteiger partial charge in [0, 0.05) is 12.6 Å². The van der Waals surface area contributed by atoms with E-state index in [4.69, 9.17) is 4.74 Å². The number of nitrogens with zero attached hydrogens (tertiary/aromatic N) is 1. The van der Waals surface area contributed by atoms with Crippen LogP contribution in [0.4, 0.5) is 0 Å². The van der Waals surface area contributed by atoms with E-state index in [2.05, 4.69) is 30.1 Å². The van der Waals surface area contributed by atoms with E-state index in [1.54, 1.807) is 0 Å². The first-order valence-corrected chi connectivity index (χ1v) is 10.8. The van der Waals surface area contributed by atoms with Gasteiger partial charge in [-0.05, 0) is 88.6 Å². The number of amides is 1. The molecular weight excluding hydrogens is 336 g/mol. The third kappa shape index (κ3) is 4.48. The Balaban J connectivity index is 1.31. The number of fused-ring (bicyclic) bond motifs is 2. The number of aryl methyl sites for hydroxylation is 1. The van der Waals surface area contributed by atoms with Crippen molar-refractivity contribution in [2.45, 2.75) is 76.9 Å². The Morgan fingerprint density at radius 3 is 2.96 bits per heavy atom. The Morgan fingerprint density at radius 2 is 2.07 bits per heavy atom. The number of hydrogen-bond donors (Lipinski definition) is 1. The Morgan fingerprint density at radius 1 is 1.22 bits per heavy atom. The molecule has 0 aliphatic carbocycles. The molecule has 2 saturated heterocycles. The van der Waals surface area contributed by atoms with Gasteiger partial charge in [0.25, 0.3) is 0 Å². The molecule has 0 saturated carbocycles. The second kappa shape index (κ2) is 7.83. The molecule has 0 aromatic heterocycles. The normalized spacial score (nSPS) is 27.2. The monoisotopic (exact) mass is 370 g/mol.